The molecule has 1 fully saturated rings. The second-order valence-corrected chi connectivity index (χ2v) is 9.79. The smallest absolute Gasteiger partial charge is 0.259 e. The molecule has 5 rings (SSSR count). The molecule has 4 aromatic rings. The van der Waals surface area contributed by atoms with Crippen LogP contribution in [0.15, 0.2) is 66.1 Å². The van der Waals surface area contributed by atoms with Crippen molar-refractivity contribution in [3.8, 4) is 11.1 Å². The number of carbonyl (C=O) groups is 1. The summed E-state index contributed by atoms with van der Waals surface area (Å²) in [6, 6.07) is 12.1. The Hall–Kier alpha value is -4.57. The van der Waals surface area contributed by atoms with Crippen molar-refractivity contribution in [2.75, 3.05) is 42.7 Å². The number of rotatable bonds is 7. The highest BCUT2D eigenvalue weighted by molar-refractivity contribution is 6.02. The molecule has 0 aliphatic carbocycles. The van der Waals surface area contributed by atoms with Crippen LogP contribution in [0, 0.1) is 12.7 Å². The van der Waals surface area contributed by atoms with Gasteiger partial charge in [0.2, 0.25) is 11.9 Å². The second kappa shape index (κ2) is 10.7. The van der Waals surface area contributed by atoms with E-state index in [0.29, 0.717) is 45.1 Å². The fourth-order valence-electron chi connectivity index (χ4n) is 5.03. The number of H-pyrrole nitrogens is 1. The molecule has 0 spiro atoms. The van der Waals surface area contributed by atoms with Crippen LogP contribution in [0.2, 0.25) is 0 Å². The average molecular weight is 528 g/mol. The Morgan fingerprint density at radius 1 is 1.28 bits per heavy atom. The molecule has 1 aliphatic heterocycles. The maximum atomic E-state index is 14.0. The van der Waals surface area contributed by atoms with Gasteiger partial charge in [-0.3, -0.25) is 9.59 Å². The summed E-state index contributed by atoms with van der Waals surface area (Å²) in [6.45, 7) is 7.27. The Morgan fingerprint density at radius 3 is 2.82 bits per heavy atom. The van der Waals surface area contributed by atoms with Crippen LogP contribution in [-0.2, 0) is 4.79 Å². The third-order valence-electron chi connectivity index (χ3n) is 7.05. The number of anilines is 4. The van der Waals surface area contributed by atoms with Crippen molar-refractivity contribution in [2.24, 2.45) is 0 Å². The van der Waals surface area contributed by atoms with Crippen molar-refractivity contribution >= 4 is 39.8 Å². The molecule has 3 heterocycles. The van der Waals surface area contributed by atoms with E-state index in [0.717, 1.165) is 25.2 Å². The van der Waals surface area contributed by atoms with E-state index >= 15 is 0 Å². The number of carbonyl (C=O) groups excluding carboxylic acids is 1. The first-order valence-corrected chi connectivity index (χ1v) is 12.6. The fourth-order valence-corrected chi connectivity index (χ4v) is 5.03. The van der Waals surface area contributed by atoms with Gasteiger partial charge < -0.3 is 25.4 Å². The lowest BCUT2D eigenvalue weighted by atomic mass is 10.0. The van der Waals surface area contributed by atoms with E-state index in [-0.39, 0.29) is 23.2 Å². The molecule has 1 unspecified atom stereocenters. The number of hydrogen-bond acceptors (Lipinski definition) is 7. The number of fused-ring (bicyclic) bond motifs is 1. The number of amides is 1. The Kier molecular flexibility index (Phi) is 7.12. The highest BCUT2D eigenvalue weighted by Crippen LogP contribution is 2.33. The van der Waals surface area contributed by atoms with Crippen molar-refractivity contribution in [3.63, 3.8) is 0 Å². The molecule has 2 aromatic carbocycles. The highest BCUT2D eigenvalue weighted by atomic mass is 19.1. The van der Waals surface area contributed by atoms with Gasteiger partial charge in [-0.05, 0) is 68.9 Å². The van der Waals surface area contributed by atoms with E-state index in [9.17, 15) is 14.0 Å². The summed E-state index contributed by atoms with van der Waals surface area (Å²) in [5.41, 5.74) is 4.01. The average Bonchev–Trinajstić information content (AvgIpc) is 3.34. The number of halogens is 1. The summed E-state index contributed by atoms with van der Waals surface area (Å²) >= 11 is 0. The summed E-state index contributed by atoms with van der Waals surface area (Å²) < 4.78 is 14.0. The quantitative estimate of drug-likeness (QED) is 0.305. The normalized spacial score (nSPS) is 15.3. The molecule has 3 N–H and O–H groups in total. The molecule has 39 heavy (non-hydrogen) atoms. The standard InChI is InChI=1S/C29H30FN7O2/c1-5-25(38)34-23-14-20(9-10-24(23)37(4)21-11-12-36(3)16-21)33-29-31-15-22-27(35-29)26(17(2)32-28(22)39)18-7-6-8-19(30)13-18/h5-10,13-15,21H,1,11-12,16H2,2-4H3,(H,32,39)(H,34,38)(H,31,33,35). The molecule has 0 bridgehead atoms. The van der Waals surface area contributed by atoms with Gasteiger partial charge in [0.1, 0.15) is 5.82 Å². The topological polar surface area (TPSA) is 106 Å². The van der Waals surface area contributed by atoms with Crippen molar-refractivity contribution in [1.29, 1.82) is 0 Å². The molecule has 0 saturated carbocycles. The molecule has 1 amide bonds. The van der Waals surface area contributed by atoms with Gasteiger partial charge in [-0.2, -0.15) is 0 Å². The van der Waals surface area contributed by atoms with Crippen molar-refractivity contribution in [3.05, 3.63) is 83.2 Å². The van der Waals surface area contributed by atoms with Crippen LogP contribution in [-0.4, -0.2) is 59.0 Å². The van der Waals surface area contributed by atoms with Gasteiger partial charge in [-0.1, -0.05) is 18.7 Å². The first kappa shape index (κ1) is 26.1. The number of nitrogens with one attached hydrogen (secondary N) is 3. The van der Waals surface area contributed by atoms with Gasteiger partial charge in [0.05, 0.1) is 22.3 Å². The first-order valence-electron chi connectivity index (χ1n) is 12.6. The van der Waals surface area contributed by atoms with Crippen LogP contribution >= 0.6 is 0 Å². The predicted octanol–water partition coefficient (Wildman–Crippen LogP) is 4.44. The highest BCUT2D eigenvalue weighted by Gasteiger charge is 2.25. The van der Waals surface area contributed by atoms with Gasteiger partial charge in [-0.25, -0.2) is 14.4 Å². The number of aromatic nitrogens is 3. The maximum absolute atomic E-state index is 14.0. The van der Waals surface area contributed by atoms with Crippen molar-refractivity contribution < 1.29 is 9.18 Å². The summed E-state index contributed by atoms with van der Waals surface area (Å²) in [5.74, 6) is -0.450. The van der Waals surface area contributed by atoms with Gasteiger partial charge in [0, 0.05) is 42.8 Å². The number of likely N-dealkylation sites (tertiary alicyclic amines) is 1. The third-order valence-corrected chi connectivity index (χ3v) is 7.05. The lowest BCUT2D eigenvalue weighted by molar-refractivity contribution is -0.111. The van der Waals surface area contributed by atoms with E-state index in [1.807, 2.05) is 25.2 Å². The van der Waals surface area contributed by atoms with Gasteiger partial charge in [0.15, 0.2) is 0 Å². The zero-order chi connectivity index (χ0) is 27.7. The SMILES string of the molecule is C=CC(=O)Nc1cc(Nc2ncc3c(=O)[nH]c(C)c(-c4cccc(F)c4)c3n2)ccc1N(C)C1CCN(C)C1. The molecule has 9 nitrogen and oxygen atoms in total. The Labute approximate surface area is 225 Å². The number of likely N-dealkylation sites (N-methyl/N-ethyl adjacent to an activating group) is 2. The Morgan fingerprint density at radius 2 is 2.10 bits per heavy atom. The molecular formula is C29H30FN7O2. The predicted molar refractivity (Wildman–Crippen MR) is 153 cm³/mol. The van der Waals surface area contributed by atoms with Crippen LogP contribution in [0.1, 0.15) is 12.1 Å². The number of aryl methyl sites for hydroxylation is 1. The molecule has 1 atom stereocenters. The Bertz CT molecular complexity index is 1630. The van der Waals surface area contributed by atoms with Crippen molar-refractivity contribution in [2.45, 2.75) is 19.4 Å². The van der Waals surface area contributed by atoms with Gasteiger partial charge in [-0.15, -0.1) is 0 Å². The lowest BCUT2D eigenvalue weighted by Gasteiger charge is -2.29. The van der Waals surface area contributed by atoms with E-state index in [2.05, 4.69) is 49.0 Å². The number of benzene rings is 2. The van der Waals surface area contributed by atoms with E-state index in [1.54, 1.807) is 19.1 Å². The molecule has 0 radical (unpaired) electrons. The van der Waals surface area contributed by atoms with E-state index < -0.39 is 0 Å². The van der Waals surface area contributed by atoms with Crippen LogP contribution in [0.5, 0.6) is 0 Å². The molecule has 10 heteroatoms. The van der Waals surface area contributed by atoms with Crippen LogP contribution in [0.25, 0.3) is 22.0 Å². The van der Waals surface area contributed by atoms with Crippen LogP contribution in [0.4, 0.5) is 27.4 Å². The second-order valence-electron chi connectivity index (χ2n) is 9.79. The summed E-state index contributed by atoms with van der Waals surface area (Å²) in [4.78, 5) is 41.1. The number of pyridine rings is 1. The molecule has 1 saturated heterocycles. The minimum absolute atomic E-state index is 0.254. The molecule has 200 valence electrons. The molecule has 2 aromatic heterocycles. The van der Waals surface area contributed by atoms with Gasteiger partial charge in [0.25, 0.3) is 5.56 Å². The Balaban J connectivity index is 1.53. The largest absolute Gasteiger partial charge is 0.369 e. The fraction of sp³-hybridized carbons (Fsp3) is 0.241. The van der Waals surface area contributed by atoms with E-state index in [4.69, 9.17) is 0 Å². The first-order chi connectivity index (χ1) is 18.7. The molecule has 1 aliphatic rings. The number of aromatic amines is 1. The minimum Gasteiger partial charge on any atom is -0.369 e. The summed E-state index contributed by atoms with van der Waals surface area (Å²) in [7, 11) is 4.12. The molecular weight excluding hydrogens is 497 g/mol. The lowest BCUT2D eigenvalue weighted by Crippen LogP contribution is -2.34. The van der Waals surface area contributed by atoms with Crippen molar-refractivity contribution in [1.82, 2.24) is 19.9 Å². The van der Waals surface area contributed by atoms with E-state index in [1.165, 1.54) is 24.4 Å². The van der Waals surface area contributed by atoms with Gasteiger partial charge >= 0.3 is 0 Å². The zero-order valence-electron chi connectivity index (χ0n) is 22.1. The maximum Gasteiger partial charge on any atom is 0.259 e. The monoisotopic (exact) mass is 527 g/mol. The number of hydrogen-bond donors (Lipinski definition) is 3. The zero-order valence-corrected chi connectivity index (χ0v) is 22.1. The van der Waals surface area contributed by atoms with Crippen LogP contribution < -0.4 is 21.1 Å². The summed E-state index contributed by atoms with van der Waals surface area (Å²) in [5, 5.41) is 6.39. The number of nitrogens with zero attached hydrogens (tertiary/aromatic N) is 4. The minimum atomic E-state index is -0.387. The summed E-state index contributed by atoms with van der Waals surface area (Å²) in [6.07, 6.45) is 3.71. The third kappa shape index (κ3) is 5.37. The van der Waals surface area contributed by atoms with Crippen LogP contribution in [0.3, 0.4) is 0 Å².